The molecular formula is C15H15BrClNO2S. The van der Waals surface area contributed by atoms with Crippen LogP contribution in [0.3, 0.4) is 0 Å². The van der Waals surface area contributed by atoms with Crippen LogP contribution in [0.1, 0.15) is 18.1 Å². The van der Waals surface area contributed by atoms with Crippen molar-refractivity contribution in [3.63, 3.8) is 0 Å². The van der Waals surface area contributed by atoms with Gasteiger partial charge in [-0.1, -0.05) is 46.6 Å². The molecule has 0 heterocycles. The summed E-state index contributed by atoms with van der Waals surface area (Å²) in [5, 5.41) is 0.588. The summed E-state index contributed by atoms with van der Waals surface area (Å²) in [7, 11) is -3.54. The van der Waals surface area contributed by atoms with Gasteiger partial charge in [0.1, 0.15) is 0 Å². The van der Waals surface area contributed by atoms with Crippen LogP contribution in [0.25, 0.3) is 0 Å². The van der Waals surface area contributed by atoms with Crippen LogP contribution in [0.5, 0.6) is 0 Å². The summed E-state index contributed by atoms with van der Waals surface area (Å²) in [5.74, 6) is 0. The van der Waals surface area contributed by atoms with Crippen molar-refractivity contribution in [1.82, 2.24) is 4.72 Å². The molecule has 0 atom stereocenters. The molecule has 0 fully saturated rings. The van der Waals surface area contributed by atoms with Gasteiger partial charge in [-0.25, -0.2) is 13.1 Å². The van der Waals surface area contributed by atoms with Gasteiger partial charge in [0.2, 0.25) is 10.0 Å². The maximum absolute atomic E-state index is 12.4. The van der Waals surface area contributed by atoms with Gasteiger partial charge >= 0.3 is 0 Å². The number of hydrogen-bond donors (Lipinski definition) is 1. The molecule has 0 saturated heterocycles. The number of sulfonamides is 1. The molecule has 6 heteroatoms. The van der Waals surface area contributed by atoms with E-state index < -0.39 is 10.0 Å². The molecule has 0 unspecified atom stereocenters. The van der Waals surface area contributed by atoms with Crippen molar-refractivity contribution in [2.75, 3.05) is 0 Å². The summed E-state index contributed by atoms with van der Waals surface area (Å²) in [6.07, 6.45) is 0.646. The van der Waals surface area contributed by atoms with Gasteiger partial charge in [-0.2, -0.15) is 0 Å². The quantitative estimate of drug-likeness (QED) is 0.836. The van der Waals surface area contributed by atoms with Crippen LogP contribution in [0.15, 0.2) is 51.8 Å². The lowest BCUT2D eigenvalue weighted by Gasteiger charge is -2.11. The maximum Gasteiger partial charge on any atom is 0.241 e. The highest BCUT2D eigenvalue weighted by Crippen LogP contribution is 2.21. The number of rotatable bonds is 5. The smallest absolute Gasteiger partial charge is 0.207 e. The van der Waals surface area contributed by atoms with E-state index in [2.05, 4.69) is 20.7 Å². The van der Waals surface area contributed by atoms with Crippen molar-refractivity contribution in [1.29, 1.82) is 0 Å². The van der Waals surface area contributed by atoms with E-state index in [1.54, 1.807) is 30.3 Å². The van der Waals surface area contributed by atoms with Gasteiger partial charge in [0.25, 0.3) is 0 Å². The third kappa shape index (κ3) is 4.30. The van der Waals surface area contributed by atoms with Gasteiger partial charge in [0, 0.05) is 16.0 Å². The van der Waals surface area contributed by atoms with Crippen LogP contribution in [-0.2, 0) is 23.0 Å². The van der Waals surface area contributed by atoms with Gasteiger partial charge in [0.05, 0.1) is 4.90 Å². The molecule has 0 spiro atoms. The van der Waals surface area contributed by atoms with E-state index in [4.69, 9.17) is 11.6 Å². The molecule has 0 radical (unpaired) electrons. The zero-order chi connectivity index (χ0) is 15.5. The van der Waals surface area contributed by atoms with Crippen molar-refractivity contribution >= 4 is 37.6 Å². The Kier molecular flexibility index (Phi) is 5.43. The highest BCUT2D eigenvalue weighted by Gasteiger charge is 2.17. The molecule has 21 heavy (non-hydrogen) atoms. The molecule has 0 aliphatic carbocycles. The Hall–Kier alpha value is -0.880. The molecule has 2 aromatic rings. The lowest BCUT2D eigenvalue weighted by molar-refractivity contribution is 0.580. The first-order chi connectivity index (χ1) is 9.92. The van der Waals surface area contributed by atoms with Gasteiger partial charge in [-0.3, -0.25) is 0 Å². The van der Waals surface area contributed by atoms with Crippen molar-refractivity contribution in [3.05, 3.63) is 63.1 Å². The Bertz CT molecular complexity index is 747. The van der Waals surface area contributed by atoms with Crippen LogP contribution in [0.4, 0.5) is 0 Å². The SMILES string of the molecule is CCc1cc(Br)ccc1S(=O)(=O)NCc1cccc(Cl)c1. The highest BCUT2D eigenvalue weighted by atomic mass is 79.9. The highest BCUT2D eigenvalue weighted by molar-refractivity contribution is 9.10. The standard InChI is InChI=1S/C15H15BrClNO2S/c1-2-12-9-13(16)6-7-15(12)21(19,20)18-10-11-4-3-5-14(17)8-11/h3-9,18H,2,10H2,1H3. The molecular weight excluding hydrogens is 374 g/mol. The number of hydrogen-bond acceptors (Lipinski definition) is 2. The van der Waals surface area contributed by atoms with E-state index in [0.29, 0.717) is 16.3 Å². The second-order valence-electron chi connectivity index (χ2n) is 4.56. The second-order valence-corrected chi connectivity index (χ2v) is 7.65. The molecule has 0 saturated carbocycles. The molecule has 2 rings (SSSR count). The average Bonchev–Trinajstić information content (AvgIpc) is 2.45. The average molecular weight is 389 g/mol. The fourth-order valence-electron chi connectivity index (χ4n) is 1.99. The van der Waals surface area contributed by atoms with Gasteiger partial charge in [-0.15, -0.1) is 0 Å². The molecule has 1 N–H and O–H groups in total. The molecule has 112 valence electrons. The fraction of sp³-hybridized carbons (Fsp3) is 0.200. The molecule has 3 nitrogen and oxygen atoms in total. The normalized spacial score (nSPS) is 11.6. The van der Waals surface area contributed by atoms with Crippen molar-refractivity contribution in [3.8, 4) is 0 Å². The van der Waals surface area contributed by atoms with Crippen LogP contribution in [0, 0.1) is 0 Å². The lowest BCUT2D eigenvalue weighted by Crippen LogP contribution is -2.24. The first-order valence-electron chi connectivity index (χ1n) is 6.45. The van der Waals surface area contributed by atoms with Crippen molar-refractivity contribution in [2.45, 2.75) is 24.8 Å². The molecule has 0 amide bonds. The van der Waals surface area contributed by atoms with Crippen LogP contribution < -0.4 is 4.72 Å². The predicted octanol–water partition coefficient (Wildman–Crippen LogP) is 4.14. The van der Waals surface area contributed by atoms with E-state index in [-0.39, 0.29) is 6.54 Å². The summed E-state index contributed by atoms with van der Waals surface area (Å²) in [6.45, 7) is 2.14. The van der Waals surface area contributed by atoms with Crippen LogP contribution in [0.2, 0.25) is 5.02 Å². The monoisotopic (exact) mass is 387 g/mol. The first-order valence-corrected chi connectivity index (χ1v) is 9.10. The number of nitrogens with one attached hydrogen (secondary N) is 1. The van der Waals surface area contributed by atoms with E-state index in [9.17, 15) is 8.42 Å². The van der Waals surface area contributed by atoms with Crippen molar-refractivity contribution < 1.29 is 8.42 Å². The van der Waals surface area contributed by atoms with Crippen molar-refractivity contribution in [2.24, 2.45) is 0 Å². The molecule has 0 aliphatic heterocycles. The number of halogens is 2. The second kappa shape index (κ2) is 6.92. The van der Waals surface area contributed by atoms with E-state index >= 15 is 0 Å². The minimum absolute atomic E-state index is 0.210. The maximum atomic E-state index is 12.4. The third-order valence-electron chi connectivity index (χ3n) is 3.05. The molecule has 0 bridgehead atoms. The minimum atomic E-state index is -3.54. The largest absolute Gasteiger partial charge is 0.241 e. The topological polar surface area (TPSA) is 46.2 Å². The molecule has 2 aromatic carbocycles. The summed E-state index contributed by atoms with van der Waals surface area (Å²) in [4.78, 5) is 0.315. The van der Waals surface area contributed by atoms with E-state index in [1.165, 1.54) is 0 Å². The fourth-order valence-corrected chi connectivity index (χ4v) is 3.92. The molecule has 0 aromatic heterocycles. The first kappa shape index (κ1) is 16.5. The predicted molar refractivity (Wildman–Crippen MR) is 89.0 cm³/mol. The van der Waals surface area contributed by atoms with Gasteiger partial charge in [0.15, 0.2) is 0 Å². The van der Waals surface area contributed by atoms with Crippen LogP contribution in [-0.4, -0.2) is 8.42 Å². The molecule has 0 aliphatic rings. The van der Waals surface area contributed by atoms with E-state index in [1.807, 2.05) is 19.1 Å². The Morgan fingerprint density at radius 2 is 1.95 bits per heavy atom. The summed E-state index contributed by atoms with van der Waals surface area (Å²) in [6, 6.07) is 12.3. The Morgan fingerprint density at radius 3 is 2.62 bits per heavy atom. The zero-order valence-corrected chi connectivity index (χ0v) is 14.6. The zero-order valence-electron chi connectivity index (χ0n) is 11.4. The van der Waals surface area contributed by atoms with Gasteiger partial charge in [-0.05, 0) is 47.9 Å². The third-order valence-corrected chi connectivity index (χ3v) is 5.28. The number of benzene rings is 2. The summed E-state index contributed by atoms with van der Waals surface area (Å²) < 4.78 is 28.3. The minimum Gasteiger partial charge on any atom is -0.207 e. The Balaban J connectivity index is 2.23. The Labute approximate surface area is 138 Å². The summed E-state index contributed by atoms with van der Waals surface area (Å²) >= 11 is 9.25. The Morgan fingerprint density at radius 1 is 1.19 bits per heavy atom. The lowest BCUT2D eigenvalue weighted by atomic mass is 10.2. The van der Waals surface area contributed by atoms with Crippen LogP contribution >= 0.6 is 27.5 Å². The number of aryl methyl sites for hydroxylation is 1. The van der Waals surface area contributed by atoms with Gasteiger partial charge < -0.3 is 0 Å². The van der Waals surface area contributed by atoms with E-state index in [0.717, 1.165) is 15.6 Å². The summed E-state index contributed by atoms with van der Waals surface area (Å²) in [5.41, 5.74) is 1.60.